The van der Waals surface area contributed by atoms with E-state index in [0.29, 0.717) is 26.0 Å². The number of rotatable bonds is 6. The fourth-order valence-electron chi connectivity index (χ4n) is 2.32. The first-order valence-electron chi connectivity index (χ1n) is 8.25. The summed E-state index contributed by atoms with van der Waals surface area (Å²) >= 11 is 12.8. The normalized spacial score (nSPS) is 10.8. The van der Waals surface area contributed by atoms with Crippen LogP contribution in [0.5, 0.6) is 0 Å². The Balaban J connectivity index is 2.29. The highest BCUT2D eigenvalue weighted by Gasteiger charge is 2.25. The highest BCUT2D eigenvalue weighted by atomic mass is 35.5. The van der Waals surface area contributed by atoms with Crippen LogP contribution in [0.15, 0.2) is 24.3 Å². The molecule has 1 aromatic carbocycles. The first-order valence-corrected chi connectivity index (χ1v) is 9.82. The number of nitrogens with one attached hydrogen (secondary N) is 2. The zero-order valence-corrected chi connectivity index (χ0v) is 17.7. The van der Waals surface area contributed by atoms with Gasteiger partial charge < -0.3 is 15.4 Å². The molecule has 28 heavy (non-hydrogen) atoms. The van der Waals surface area contributed by atoms with Gasteiger partial charge in [0.1, 0.15) is 5.00 Å². The Labute approximate surface area is 176 Å². The molecule has 9 heteroatoms. The van der Waals surface area contributed by atoms with E-state index in [-0.39, 0.29) is 23.1 Å². The van der Waals surface area contributed by atoms with Gasteiger partial charge in [-0.1, -0.05) is 29.3 Å². The number of hydrogen-bond acceptors (Lipinski definition) is 5. The number of amides is 2. The molecule has 0 saturated heterocycles. The van der Waals surface area contributed by atoms with Gasteiger partial charge >= 0.3 is 5.97 Å². The minimum Gasteiger partial charge on any atom is -0.462 e. The molecule has 2 N–H and O–H groups in total. The van der Waals surface area contributed by atoms with Gasteiger partial charge in [0, 0.05) is 13.1 Å². The molecule has 0 aliphatic rings. The minimum absolute atomic E-state index is 0.168. The number of halogens is 2. The number of anilines is 1. The average Bonchev–Trinajstić information content (AvgIpc) is 2.98. The lowest BCUT2D eigenvalue weighted by Crippen LogP contribution is -2.17. The van der Waals surface area contributed by atoms with Crippen molar-refractivity contribution >= 4 is 63.4 Å². The van der Waals surface area contributed by atoms with Crippen LogP contribution in [0.2, 0.25) is 10.0 Å². The Kier molecular flexibility index (Phi) is 7.62. The fourth-order valence-corrected chi connectivity index (χ4v) is 3.77. The minimum atomic E-state index is -0.602. The summed E-state index contributed by atoms with van der Waals surface area (Å²) in [6.07, 6.45) is 2.85. The van der Waals surface area contributed by atoms with Gasteiger partial charge in [-0.25, -0.2) is 4.79 Å². The summed E-state index contributed by atoms with van der Waals surface area (Å²) < 4.78 is 5.05. The second-order valence-electron chi connectivity index (χ2n) is 5.56. The molecule has 6 nitrogen and oxygen atoms in total. The standard InChI is InChI=1S/C19H18Cl2N2O4S/c1-4-27-19(26)15-10(2)16(17(25)22-3)28-18(15)23-14(24)8-6-11-5-7-12(20)13(21)9-11/h5-9H,4H2,1-3H3,(H,22,25)(H,23,24)/b8-6+. The van der Waals surface area contributed by atoms with Crippen molar-refractivity contribution in [2.24, 2.45) is 0 Å². The van der Waals surface area contributed by atoms with E-state index in [1.807, 2.05) is 0 Å². The van der Waals surface area contributed by atoms with Crippen LogP contribution in [0.1, 0.15) is 38.1 Å². The summed E-state index contributed by atoms with van der Waals surface area (Å²) in [6.45, 7) is 3.49. The first kappa shape index (κ1) is 21.9. The molecule has 1 aromatic heterocycles. The summed E-state index contributed by atoms with van der Waals surface area (Å²) in [6, 6.07) is 4.95. The van der Waals surface area contributed by atoms with Gasteiger partial charge in [-0.3, -0.25) is 9.59 Å². The van der Waals surface area contributed by atoms with Crippen molar-refractivity contribution in [1.82, 2.24) is 5.32 Å². The summed E-state index contributed by atoms with van der Waals surface area (Å²) in [7, 11) is 1.49. The Morgan fingerprint density at radius 2 is 1.93 bits per heavy atom. The molecule has 0 unspecified atom stereocenters. The number of thiophene rings is 1. The van der Waals surface area contributed by atoms with Crippen molar-refractivity contribution in [3.8, 4) is 0 Å². The van der Waals surface area contributed by atoms with E-state index in [4.69, 9.17) is 27.9 Å². The van der Waals surface area contributed by atoms with Gasteiger partial charge in [0.05, 0.1) is 27.1 Å². The van der Waals surface area contributed by atoms with Gasteiger partial charge in [0.25, 0.3) is 5.91 Å². The Hall–Kier alpha value is -2.35. The maximum Gasteiger partial charge on any atom is 0.341 e. The summed E-state index contributed by atoms with van der Waals surface area (Å²) in [5.41, 5.74) is 1.30. The number of benzene rings is 1. The van der Waals surface area contributed by atoms with E-state index in [0.717, 1.165) is 11.3 Å². The molecule has 0 aliphatic carbocycles. The lowest BCUT2D eigenvalue weighted by atomic mass is 10.1. The van der Waals surface area contributed by atoms with Gasteiger partial charge in [-0.15, -0.1) is 11.3 Å². The predicted molar refractivity (Wildman–Crippen MR) is 113 cm³/mol. The van der Waals surface area contributed by atoms with Crippen LogP contribution in [0, 0.1) is 6.92 Å². The number of ether oxygens (including phenoxy) is 1. The molecule has 2 rings (SSSR count). The van der Waals surface area contributed by atoms with Crippen molar-refractivity contribution in [2.45, 2.75) is 13.8 Å². The topological polar surface area (TPSA) is 84.5 Å². The van der Waals surface area contributed by atoms with E-state index in [2.05, 4.69) is 10.6 Å². The van der Waals surface area contributed by atoms with E-state index >= 15 is 0 Å². The van der Waals surface area contributed by atoms with Gasteiger partial charge in [0.2, 0.25) is 5.91 Å². The second-order valence-corrected chi connectivity index (χ2v) is 7.39. The molecule has 0 spiro atoms. The SMILES string of the molecule is CCOC(=O)c1c(NC(=O)/C=C/c2ccc(Cl)c(Cl)c2)sc(C(=O)NC)c1C. The molecule has 2 aromatic rings. The number of carbonyl (C=O) groups is 3. The molecular weight excluding hydrogens is 423 g/mol. The molecule has 0 aliphatic heterocycles. The Morgan fingerprint density at radius 3 is 2.54 bits per heavy atom. The lowest BCUT2D eigenvalue weighted by Gasteiger charge is -2.05. The molecule has 0 bridgehead atoms. The van der Waals surface area contributed by atoms with Crippen LogP contribution < -0.4 is 10.6 Å². The van der Waals surface area contributed by atoms with Crippen LogP contribution in [-0.4, -0.2) is 31.4 Å². The second kappa shape index (κ2) is 9.73. The third kappa shape index (κ3) is 5.13. The average molecular weight is 441 g/mol. The zero-order valence-electron chi connectivity index (χ0n) is 15.4. The van der Waals surface area contributed by atoms with Gasteiger partial charge in [-0.2, -0.15) is 0 Å². The van der Waals surface area contributed by atoms with Crippen LogP contribution in [0.25, 0.3) is 6.08 Å². The van der Waals surface area contributed by atoms with Crippen molar-refractivity contribution in [3.63, 3.8) is 0 Å². The van der Waals surface area contributed by atoms with E-state index < -0.39 is 11.9 Å². The Morgan fingerprint density at radius 1 is 1.21 bits per heavy atom. The first-order chi connectivity index (χ1) is 13.3. The highest BCUT2D eigenvalue weighted by molar-refractivity contribution is 7.18. The van der Waals surface area contributed by atoms with E-state index in [1.165, 1.54) is 13.1 Å². The molecule has 0 saturated carbocycles. The third-order valence-corrected chi connectivity index (χ3v) is 5.61. The van der Waals surface area contributed by atoms with E-state index in [1.54, 1.807) is 38.1 Å². The van der Waals surface area contributed by atoms with Gasteiger partial charge in [-0.05, 0) is 43.2 Å². The highest BCUT2D eigenvalue weighted by Crippen LogP contribution is 2.34. The third-order valence-electron chi connectivity index (χ3n) is 3.67. The lowest BCUT2D eigenvalue weighted by molar-refractivity contribution is -0.111. The smallest absolute Gasteiger partial charge is 0.341 e. The Bertz CT molecular complexity index is 954. The summed E-state index contributed by atoms with van der Waals surface area (Å²) in [5, 5.41) is 6.19. The summed E-state index contributed by atoms with van der Waals surface area (Å²) in [4.78, 5) is 37.0. The van der Waals surface area contributed by atoms with Crippen molar-refractivity contribution in [1.29, 1.82) is 0 Å². The maximum atomic E-state index is 12.3. The molecule has 0 atom stereocenters. The van der Waals surface area contributed by atoms with Gasteiger partial charge in [0.15, 0.2) is 0 Å². The number of hydrogen-bond donors (Lipinski definition) is 2. The summed E-state index contributed by atoms with van der Waals surface area (Å²) in [5.74, 6) is -1.42. The molecule has 148 valence electrons. The van der Waals surface area contributed by atoms with Crippen LogP contribution >= 0.6 is 34.5 Å². The predicted octanol–water partition coefficient (Wildman–Crippen LogP) is 4.55. The number of carbonyl (C=O) groups excluding carboxylic acids is 3. The fraction of sp³-hybridized carbons (Fsp3) is 0.211. The quantitative estimate of drug-likeness (QED) is 0.509. The number of esters is 1. The monoisotopic (exact) mass is 440 g/mol. The maximum absolute atomic E-state index is 12.3. The van der Waals surface area contributed by atoms with E-state index in [9.17, 15) is 14.4 Å². The van der Waals surface area contributed by atoms with Crippen LogP contribution in [-0.2, 0) is 9.53 Å². The van der Waals surface area contributed by atoms with Crippen LogP contribution in [0.3, 0.4) is 0 Å². The van der Waals surface area contributed by atoms with Crippen molar-refractivity contribution in [3.05, 3.63) is 55.9 Å². The van der Waals surface area contributed by atoms with Crippen LogP contribution in [0.4, 0.5) is 5.00 Å². The van der Waals surface area contributed by atoms with Crippen molar-refractivity contribution in [2.75, 3.05) is 19.0 Å². The molecule has 0 fully saturated rings. The largest absolute Gasteiger partial charge is 0.462 e. The van der Waals surface area contributed by atoms with Crippen molar-refractivity contribution < 1.29 is 19.1 Å². The molecule has 2 amide bonds. The zero-order chi connectivity index (χ0) is 20.8. The molecule has 1 heterocycles. The molecule has 0 radical (unpaired) electrons. The molecular formula is C19H18Cl2N2O4S.